The summed E-state index contributed by atoms with van der Waals surface area (Å²) in [6, 6.07) is 184. The Bertz CT molecular complexity index is 8130. The highest BCUT2D eigenvalue weighted by atomic mass is 15.0. The molecule has 0 spiro atoms. The lowest BCUT2D eigenvalue weighted by molar-refractivity contribution is 1.18. The standard InChI is InChI=1S/C126H82N4/c1-7-28-83(29-8-1)95-54-60-123-115(77-95)117-81-99(58-64-125(117)129(123)109-48-26-44-93(75-109)105-69-101(85-32-11-3-12-33-85)67-102(70-105)86-34-13-4-14-35-86)97-56-62-121-113(79-97)111-50-19-21-52-119(111)127(121)107-46-24-42-91(73-107)89-40-23-41-90(66-89)92-43-25-47-108(74-92)128-120-53-22-20-51-112(120)114-80-98(57-63-122(114)128)100-59-65-126-118(82-100)116-78-96(84-30-9-2-10-31-84)55-61-124(116)130(126)110-49-27-45-94(76-110)106-71-103(87-36-15-5-16-37-87)68-104(72-106)88-38-17-6-18-39-88/h1-82H. The van der Waals surface area contributed by atoms with Crippen molar-refractivity contribution in [2.75, 3.05) is 0 Å². The molecule has 0 aliphatic heterocycles. The van der Waals surface area contributed by atoms with Gasteiger partial charge in [0.15, 0.2) is 0 Å². The summed E-state index contributed by atoms with van der Waals surface area (Å²) in [5, 5.41) is 9.64. The van der Waals surface area contributed by atoms with Crippen molar-refractivity contribution in [3.8, 4) is 156 Å². The van der Waals surface area contributed by atoms with Crippen molar-refractivity contribution in [1.82, 2.24) is 18.3 Å². The van der Waals surface area contributed by atoms with Crippen LogP contribution in [0.5, 0.6) is 0 Å². The van der Waals surface area contributed by atoms with Crippen molar-refractivity contribution >= 4 is 87.2 Å². The summed E-state index contributed by atoms with van der Waals surface area (Å²) in [5.74, 6) is 0. The van der Waals surface area contributed by atoms with E-state index in [4.69, 9.17) is 0 Å². The van der Waals surface area contributed by atoms with Gasteiger partial charge in [-0.15, -0.1) is 0 Å². The molecule has 0 bridgehead atoms. The first-order valence-corrected chi connectivity index (χ1v) is 44.8. The quantitative estimate of drug-likeness (QED) is 0.0919. The lowest BCUT2D eigenvalue weighted by Crippen LogP contribution is -1.95. The first kappa shape index (κ1) is 75.4. The second-order valence-electron chi connectivity index (χ2n) is 34.3. The van der Waals surface area contributed by atoms with E-state index in [1.54, 1.807) is 0 Å². The zero-order valence-corrected chi connectivity index (χ0v) is 71.1. The van der Waals surface area contributed by atoms with Crippen molar-refractivity contribution in [2.45, 2.75) is 0 Å². The van der Waals surface area contributed by atoms with Crippen LogP contribution in [0.1, 0.15) is 0 Å². The third kappa shape index (κ3) is 13.3. The molecule has 4 heterocycles. The number of nitrogens with zero attached hydrogens (tertiary/aromatic N) is 4. The second-order valence-corrected chi connectivity index (χ2v) is 34.3. The van der Waals surface area contributed by atoms with Gasteiger partial charge in [0.05, 0.1) is 44.1 Å². The second kappa shape index (κ2) is 31.5. The average molecular weight is 1650 g/mol. The summed E-state index contributed by atoms with van der Waals surface area (Å²) >= 11 is 0. The van der Waals surface area contributed by atoms with Crippen LogP contribution >= 0.6 is 0 Å². The fourth-order valence-electron chi connectivity index (χ4n) is 20.4. The van der Waals surface area contributed by atoms with E-state index < -0.39 is 0 Å². The van der Waals surface area contributed by atoms with Gasteiger partial charge in [-0.25, -0.2) is 0 Å². The Morgan fingerprint density at radius 3 is 0.492 bits per heavy atom. The maximum absolute atomic E-state index is 2.46. The van der Waals surface area contributed by atoms with E-state index in [0.29, 0.717) is 0 Å². The first-order valence-electron chi connectivity index (χ1n) is 44.8. The van der Waals surface area contributed by atoms with Gasteiger partial charge in [0, 0.05) is 65.8 Å². The summed E-state index contributed by atoms with van der Waals surface area (Å²) in [4.78, 5) is 0. The van der Waals surface area contributed by atoms with Gasteiger partial charge in [-0.05, 0) is 309 Å². The van der Waals surface area contributed by atoms with Crippen molar-refractivity contribution in [3.63, 3.8) is 0 Å². The Morgan fingerprint density at radius 2 is 0.238 bits per heavy atom. The molecule has 130 heavy (non-hydrogen) atoms. The van der Waals surface area contributed by atoms with Crippen LogP contribution in [0.2, 0.25) is 0 Å². The van der Waals surface area contributed by atoms with Gasteiger partial charge in [0.1, 0.15) is 0 Å². The molecule has 606 valence electrons. The molecule has 0 atom stereocenters. The third-order valence-corrected chi connectivity index (χ3v) is 26.7. The highest BCUT2D eigenvalue weighted by Crippen LogP contribution is 2.46. The molecule has 25 aromatic rings. The molecule has 0 saturated carbocycles. The summed E-state index contributed by atoms with van der Waals surface area (Å²) < 4.78 is 9.82. The molecular weight excluding hydrogens is 1570 g/mol. The fourth-order valence-corrected chi connectivity index (χ4v) is 20.4. The molecule has 0 fully saturated rings. The van der Waals surface area contributed by atoms with Crippen LogP contribution in [0.3, 0.4) is 0 Å². The van der Waals surface area contributed by atoms with Gasteiger partial charge in [-0.1, -0.05) is 322 Å². The number of rotatable bonds is 16. The Hall–Kier alpha value is -17.2. The molecule has 0 radical (unpaired) electrons. The molecule has 0 N–H and O–H groups in total. The predicted molar refractivity (Wildman–Crippen MR) is 549 cm³/mol. The number of aromatic nitrogens is 4. The van der Waals surface area contributed by atoms with Gasteiger partial charge >= 0.3 is 0 Å². The fraction of sp³-hybridized carbons (Fsp3) is 0. The van der Waals surface area contributed by atoms with Gasteiger partial charge in [0.25, 0.3) is 0 Å². The average Bonchev–Trinajstić information content (AvgIpc) is 1.58. The highest BCUT2D eigenvalue weighted by molar-refractivity contribution is 6.16. The molecule has 0 aliphatic carbocycles. The zero-order chi connectivity index (χ0) is 85.7. The topological polar surface area (TPSA) is 19.7 Å². The number of benzene rings is 21. The Morgan fingerprint density at radius 1 is 0.0846 bits per heavy atom. The Kier molecular flexibility index (Phi) is 18.3. The summed E-state index contributed by atoms with van der Waals surface area (Å²) in [7, 11) is 0. The van der Waals surface area contributed by atoms with E-state index in [2.05, 4.69) is 516 Å². The van der Waals surface area contributed by atoms with Crippen LogP contribution in [-0.4, -0.2) is 18.3 Å². The molecule has 25 rings (SSSR count). The van der Waals surface area contributed by atoms with Crippen LogP contribution in [0, 0.1) is 0 Å². The predicted octanol–water partition coefficient (Wildman–Crippen LogP) is 34.1. The Balaban J connectivity index is 0.536. The molecule has 4 aromatic heterocycles. The minimum atomic E-state index is 1.11. The Labute approximate surface area is 753 Å². The number of hydrogen-bond acceptors (Lipinski definition) is 0. The van der Waals surface area contributed by atoms with Crippen LogP contribution in [-0.2, 0) is 0 Å². The summed E-state index contributed by atoms with van der Waals surface area (Å²) in [5.41, 5.74) is 41.9. The van der Waals surface area contributed by atoms with Crippen molar-refractivity contribution in [2.24, 2.45) is 0 Å². The van der Waals surface area contributed by atoms with Gasteiger partial charge in [-0.2, -0.15) is 0 Å². The SMILES string of the molecule is c1ccc(-c2cc(-c3ccccc3)cc(-c3cccc(-n4c5ccc(-c6ccccc6)cc5c5cc(-c6ccc7c(c6)c6ccccc6n7-c6cccc(-c7cccc(-c8cccc(-n9c%10ccccc%10c%10cc(-c%11ccc%12c(c%11)c%11cc(-c%13ccccc%13)ccc%11n%12-c%11cccc(-c%12cc(-c%13ccccc%13)cc(-c%13ccccc%13)c%12)c%11)ccc%109)c8)c7)c6)ccc54)c3)c2)cc1. The van der Waals surface area contributed by atoms with E-state index in [-0.39, 0.29) is 0 Å². The molecule has 0 saturated heterocycles. The third-order valence-electron chi connectivity index (χ3n) is 26.7. The largest absolute Gasteiger partial charge is 0.309 e. The maximum atomic E-state index is 2.46. The van der Waals surface area contributed by atoms with Crippen LogP contribution in [0.4, 0.5) is 0 Å². The molecule has 4 heteroatoms. The molecule has 21 aromatic carbocycles. The molecule has 0 amide bonds. The maximum Gasteiger partial charge on any atom is 0.0541 e. The lowest BCUT2D eigenvalue weighted by Gasteiger charge is -2.14. The van der Waals surface area contributed by atoms with Crippen molar-refractivity contribution in [1.29, 1.82) is 0 Å². The summed E-state index contributed by atoms with van der Waals surface area (Å²) in [6.07, 6.45) is 0. The van der Waals surface area contributed by atoms with Crippen molar-refractivity contribution < 1.29 is 0 Å². The minimum absolute atomic E-state index is 1.11. The highest BCUT2D eigenvalue weighted by Gasteiger charge is 2.23. The van der Waals surface area contributed by atoms with Crippen LogP contribution < -0.4 is 0 Å². The smallest absolute Gasteiger partial charge is 0.0541 e. The van der Waals surface area contributed by atoms with Crippen molar-refractivity contribution in [3.05, 3.63) is 497 Å². The molecule has 0 unspecified atom stereocenters. The first-order chi connectivity index (χ1) is 64.4. The number of hydrogen-bond donors (Lipinski definition) is 0. The monoisotopic (exact) mass is 1650 g/mol. The zero-order valence-electron chi connectivity index (χ0n) is 71.1. The molecule has 0 aliphatic rings. The van der Waals surface area contributed by atoms with Gasteiger partial charge in [-0.3, -0.25) is 0 Å². The van der Waals surface area contributed by atoms with Crippen LogP contribution in [0.25, 0.3) is 243 Å². The van der Waals surface area contributed by atoms with E-state index in [0.717, 1.165) is 123 Å². The lowest BCUT2D eigenvalue weighted by atomic mass is 9.93. The van der Waals surface area contributed by atoms with E-state index >= 15 is 0 Å². The summed E-state index contributed by atoms with van der Waals surface area (Å²) in [6.45, 7) is 0. The van der Waals surface area contributed by atoms with Crippen LogP contribution in [0.15, 0.2) is 497 Å². The van der Waals surface area contributed by atoms with E-state index in [9.17, 15) is 0 Å². The van der Waals surface area contributed by atoms with Gasteiger partial charge in [0.2, 0.25) is 0 Å². The van der Waals surface area contributed by atoms with E-state index in [1.165, 1.54) is 121 Å². The minimum Gasteiger partial charge on any atom is -0.309 e. The number of para-hydroxylation sites is 2. The molecular formula is C126H82N4. The van der Waals surface area contributed by atoms with Gasteiger partial charge < -0.3 is 18.3 Å². The number of fused-ring (bicyclic) bond motifs is 12. The molecule has 4 nitrogen and oxygen atoms in total. The van der Waals surface area contributed by atoms with E-state index in [1.807, 2.05) is 0 Å². The normalized spacial score (nSPS) is 11.7.